The SMILES string of the molecule is C=C/C=C\c1ccn(C)c1C. The molecule has 0 aliphatic carbocycles. The molecule has 0 aliphatic rings. The second-order valence-electron chi connectivity index (χ2n) is 2.56. The van der Waals surface area contributed by atoms with E-state index in [1.54, 1.807) is 6.08 Å². The summed E-state index contributed by atoms with van der Waals surface area (Å²) in [6.07, 6.45) is 7.84. The molecule has 0 amide bonds. The second kappa shape index (κ2) is 3.24. The quantitative estimate of drug-likeness (QED) is 0.566. The van der Waals surface area contributed by atoms with Crippen molar-refractivity contribution in [1.82, 2.24) is 4.57 Å². The smallest absolute Gasteiger partial charge is 0.0213 e. The van der Waals surface area contributed by atoms with Crippen LogP contribution in [0.1, 0.15) is 11.3 Å². The van der Waals surface area contributed by atoms with Crippen LogP contribution >= 0.6 is 0 Å². The Balaban J connectivity index is 2.95. The van der Waals surface area contributed by atoms with Crippen molar-refractivity contribution in [3.8, 4) is 0 Å². The molecule has 1 heterocycles. The number of allylic oxidation sites excluding steroid dienone is 2. The van der Waals surface area contributed by atoms with Crippen molar-refractivity contribution in [2.24, 2.45) is 7.05 Å². The molecule has 1 aromatic heterocycles. The molecular weight excluding hydrogens is 134 g/mol. The lowest BCUT2D eigenvalue weighted by molar-refractivity contribution is 0.881. The lowest BCUT2D eigenvalue weighted by Gasteiger charge is -1.95. The van der Waals surface area contributed by atoms with Gasteiger partial charge in [0.2, 0.25) is 0 Å². The van der Waals surface area contributed by atoms with E-state index in [9.17, 15) is 0 Å². The van der Waals surface area contributed by atoms with Crippen LogP contribution in [0.4, 0.5) is 0 Å². The van der Waals surface area contributed by atoms with Crippen molar-refractivity contribution in [2.75, 3.05) is 0 Å². The number of nitrogens with zero attached hydrogens (tertiary/aromatic N) is 1. The van der Waals surface area contributed by atoms with Gasteiger partial charge in [0.25, 0.3) is 0 Å². The molecule has 0 N–H and O–H groups in total. The van der Waals surface area contributed by atoms with E-state index in [1.165, 1.54) is 11.3 Å². The average molecular weight is 147 g/mol. The third-order valence-corrected chi connectivity index (χ3v) is 1.84. The van der Waals surface area contributed by atoms with Gasteiger partial charge in [0.05, 0.1) is 0 Å². The van der Waals surface area contributed by atoms with E-state index < -0.39 is 0 Å². The Morgan fingerprint density at radius 1 is 1.55 bits per heavy atom. The zero-order valence-electron chi connectivity index (χ0n) is 7.04. The summed E-state index contributed by atoms with van der Waals surface area (Å²) in [7, 11) is 2.04. The highest BCUT2D eigenvalue weighted by Gasteiger charge is 1.95. The zero-order chi connectivity index (χ0) is 8.27. The molecule has 0 saturated heterocycles. The fraction of sp³-hybridized carbons (Fsp3) is 0.200. The lowest BCUT2D eigenvalue weighted by atomic mass is 10.2. The fourth-order valence-electron chi connectivity index (χ4n) is 0.976. The highest BCUT2D eigenvalue weighted by molar-refractivity contribution is 5.53. The molecule has 0 radical (unpaired) electrons. The molecule has 1 aromatic rings. The van der Waals surface area contributed by atoms with Gasteiger partial charge in [-0.25, -0.2) is 0 Å². The van der Waals surface area contributed by atoms with Crippen LogP contribution in [0.15, 0.2) is 31.0 Å². The van der Waals surface area contributed by atoms with E-state index in [2.05, 4.69) is 36.4 Å². The molecule has 0 saturated carbocycles. The van der Waals surface area contributed by atoms with Gasteiger partial charge in [-0.3, -0.25) is 0 Å². The van der Waals surface area contributed by atoms with Gasteiger partial charge in [-0.2, -0.15) is 0 Å². The summed E-state index contributed by atoms with van der Waals surface area (Å²) in [5.41, 5.74) is 2.54. The summed E-state index contributed by atoms with van der Waals surface area (Å²) in [6.45, 7) is 5.72. The molecule has 0 unspecified atom stereocenters. The van der Waals surface area contributed by atoms with Crippen molar-refractivity contribution < 1.29 is 0 Å². The summed E-state index contributed by atoms with van der Waals surface area (Å²) in [4.78, 5) is 0. The van der Waals surface area contributed by atoms with Crippen LogP contribution in [-0.4, -0.2) is 4.57 Å². The molecule has 11 heavy (non-hydrogen) atoms. The van der Waals surface area contributed by atoms with Crippen molar-refractivity contribution >= 4 is 6.08 Å². The number of aryl methyl sites for hydroxylation is 1. The topological polar surface area (TPSA) is 4.93 Å². The van der Waals surface area contributed by atoms with E-state index >= 15 is 0 Å². The Labute approximate surface area is 67.7 Å². The fourth-order valence-corrected chi connectivity index (χ4v) is 0.976. The van der Waals surface area contributed by atoms with E-state index in [1.807, 2.05) is 13.1 Å². The second-order valence-corrected chi connectivity index (χ2v) is 2.56. The third-order valence-electron chi connectivity index (χ3n) is 1.84. The molecule has 0 spiro atoms. The van der Waals surface area contributed by atoms with E-state index in [4.69, 9.17) is 0 Å². The Morgan fingerprint density at radius 3 is 2.73 bits per heavy atom. The van der Waals surface area contributed by atoms with E-state index in [0.29, 0.717) is 0 Å². The molecule has 58 valence electrons. The Hall–Kier alpha value is -1.24. The number of aromatic nitrogens is 1. The maximum Gasteiger partial charge on any atom is 0.0213 e. The monoisotopic (exact) mass is 147 g/mol. The summed E-state index contributed by atoms with van der Waals surface area (Å²) in [6, 6.07) is 2.09. The highest BCUT2D eigenvalue weighted by Crippen LogP contribution is 2.09. The molecular formula is C10H13N. The molecule has 0 bridgehead atoms. The van der Waals surface area contributed by atoms with Crippen LogP contribution in [0.5, 0.6) is 0 Å². The summed E-state index contributed by atoms with van der Waals surface area (Å²) in [5.74, 6) is 0. The molecule has 0 aromatic carbocycles. The molecule has 1 rings (SSSR count). The Kier molecular flexibility index (Phi) is 2.32. The van der Waals surface area contributed by atoms with Crippen molar-refractivity contribution in [1.29, 1.82) is 0 Å². The summed E-state index contributed by atoms with van der Waals surface area (Å²) < 4.78 is 2.10. The maximum atomic E-state index is 3.62. The molecule has 0 fully saturated rings. The van der Waals surface area contributed by atoms with Gasteiger partial charge in [0, 0.05) is 18.9 Å². The van der Waals surface area contributed by atoms with Gasteiger partial charge in [0.15, 0.2) is 0 Å². The van der Waals surface area contributed by atoms with Crippen LogP contribution in [0.2, 0.25) is 0 Å². The average Bonchev–Trinajstić information content (AvgIpc) is 2.31. The Morgan fingerprint density at radius 2 is 2.27 bits per heavy atom. The minimum absolute atomic E-state index is 1.26. The van der Waals surface area contributed by atoms with Gasteiger partial charge >= 0.3 is 0 Å². The largest absolute Gasteiger partial charge is 0.354 e. The maximum absolute atomic E-state index is 3.62. The first kappa shape index (κ1) is 7.86. The van der Waals surface area contributed by atoms with Gasteiger partial charge < -0.3 is 4.57 Å². The lowest BCUT2D eigenvalue weighted by Crippen LogP contribution is -1.87. The van der Waals surface area contributed by atoms with Crippen LogP contribution in [0, 0.1) is 6.92 Å². The first-order chi connectivity index (χ1) is 5.25. The summed E-state index contributed by atoms with van der Waals surface area (Å²) >= 11 is 0. The minimum atomic E-state index is 1.26. The van der Waals surface area contributed by atoms with Gasteiger partial charge in [-0.05, 0) is 18.6 Å². The number of rotatable bonds is 2. The van der Waals surface area contributed by atoms with Crippen molar-refractivity contribution in [2.45, 2.75) is 6.92 Å². The van der Waals surface area contributed by atoms with Crippen molar-refractivity contribution in [3.63, 3.8) is 0 Å². The molecule has 0 atom stereocenters. The minimum Gasteiger partial charge on any atom is -0.354 e. The highest BCUT2D eigenvalue weighted by atomic mass is 14.9. The summed E-state index contributed by atoms with van der Waals surface area (Å²) in [5, 5.41) is 0. The van der Waals surface area contributed by atoms with Crippen LogP contribution in [-0.2, 0) is 7.05 Å². The first-order valence-electron chi connectivity index (χ1n) is 3.66. The molecule has 0 aliphatic heterocycles. The van der Waals surface area contributed by atoms with Crippen LogP contribution < -0.4 is 0 Å². The Bertz CT molecular complexity index is 279. The molecule has 1 nitrogen and oxygen atoms in total. The van der Waals surface area contributed by atoms with E-state index in [-0.39, 0.29) is 0 Å². The third kappa shape index (κ3) is 1.61. The van der Waals surface area contributed by atoms with E-state index in [0.717, 1.165) is 0 Å². The van der Waals surface area contributed by atoms with Gasteiger partial charge in [-0.1, -0.05) is 24.8 Å². The predicted molar refractivity (Wildman–Crippen MR) is 49.4 cm³/mol. The standard InChI is InChI=1S/C10H13N/c1-4-5-6-10-7-8-11(3)9(10)2/h4-8H,1H2,2-3H3/b6-5-. The first-order valence-corrected chi connectivity index (χ1v) is 3.66. The zero-order valence-corrected chi connectivity index (χ0v) is 7.04. The van der Waals surface area contributed by atoms with Crippen molar-refractivity contribution in [3.05, 3.63) is 42.3 Å². The normalized spacial score (nSPS) is 10.7. The van der Waals surface area contributed by atoms with Crippen LogP contribution in [0.3, 0.4) is 0 Å². The predicted octanol–water partition coefficient (Wildman–Crippen LogP) is 2.53. The van der Waals surface area contributed by atoms with Gasteiger partial charge in [0.1, 0.15) is 0 Å². The van der Waals surface area contributed by atoms with Gasteiger partial charge in [-0.15, -0.1) is 0 Å². The number of hydrogen-bond acceptors (Lipinski definition) is 0. The molecule has 1 heteroatoms. The van der Waals surface area contributed by atoms with Crippen LogP contribution in [0.25, 0.3) is 6.08 Å². The number of hydrogen-bond donors (Lipinski definition) is 0.